The Kier molecular flexibility index (Phi) is 6.81. The van der Waals surface area contributed by atoms with Crippen molar-refractivity contribution in [2.75, 3.05) is 48.8 Å². The van der Waals surface area contributed by atoms with Gasteiger partial charge in [-0.15, -0.1) is 0 Å². The number of rotatable bonds is 6. The number of aliphatic hydroxyl groups is 1. The summed E-state index contributed by atoms with van der Waals surface area (Å²) in [7, 11) is 3.50. The van der Waals surface area contributed by atoms with Crippen LogP contribution in [-0.4, -0.2) is 87.4 Å². The predicted octanol–water partition coefficient (Wildman–Crippen LogP) is 3.25. The van der Waals surface area contributed by atoms with E-state index in [4.69, 9.17) is 4.98 Å². The smallest absolute Gasteiger partial charge is 0.229 e. The highest BCUT2D eigenvalue weighted by Crippen LogP contribution is 2.36. The summed E-state index contributed by atoms with van der Waals surface area (Å²) in [5.41, 5.74) is -0.902. The van der Waals surface area contributed by atoms with Gasteiger partial charge < -0.3 is 25.1 Å². The quantitative estimate of drug-likeness (QED) is 0.504. The standard InChI is InChI=1S/C27H35FN8O2/c1-16-7-11-36(16)24-20-14-30-23(12-18(20)19(13-31-24)17(2)25(38)34(4)5)32-22-6-9-29-26(33-22)35-10-8-21(37)27(3,28)15-35/h6,9,12-14,16-17,21,37H,7-8,10-11,15H2,1-5H3,(H,29,30,32,33)/t16-,17-,21-,27+/m1/s1. The van der Waals surface area contributed by atoms with Gasteiger partial charge >= 0.3 is 0 Å². The fourth-order valence-electron chi connectivity index (χ4n) is 5.14. The van der Waals surface area contributed by atoms with Crippen LogP contribution in [0, 0.1) is 0 Å². The number of carbonyl (C=O) groups is 1. The number of carbonyl (C=O) groups excluding carboxylic acids is 1. The summed E-state index contributed by atoms with van der Waals surface area (Å²) in [5.74, 6) is 1.95. The molecule has 0 unspecified atom stereocenters. The van der Waals surface area contributed by atoms with Gasteiger partial charge in [0, 0.05) is 57.2 Å². The summed E-state index contributed by atoms with van der Waals surface area (Å²) in [6.07, 6.45) is 5.63. The van der Waals surface area contributed by atoms with Crippen molar-refractivity contribution in [3.05, 3.63) is 36.3 Å². The lowest BCUT2D eigenvalue weighted by Crippen LogP contribution is -2.52. The van der Waals surface area contributed by atoms with Crippen molar-refractivity contribution in [3.8, 4) is 0 Å². The van der Waals surface area contributed by atoms with Crippen LogP contribution in [0.15, 0.2) is 30.7 Å². The summed E-state index contributed by atoms with van der Waals surface area (Å²) in [5, 5.41) is 15.0. The third kappa shape index (κ3) is 4.82. The van der Waals surface area contributed by atoms with Crippen molar-refractivity contribution in [1.29, 1.82) is 0 Å². The van der Waals surface area contributed by atoms with Crippen molar-refractivity contribution < 1.29 is 14.3 Å². The number of hydrogen-bond donors (Lipinski definition) is 2. The molecule has 202 valence electrons. The zero-order chi connectivity index (χ0) is 27.2. The van der Waals surface area contributed by atoms with Crippen molar-refractivity contribution in [3.63, 3.8) is 0 Å². The number of aromatic nitrogens is 4. The first kappa shape index (κ1) is 26.0. The molecule has 11 heteroatoms. The van der Waals surface area contributed by atoms with E-state index in [0.717, 1.165) is 35.1 Å². The van der Waals surface area contributed by atoms with E-state index in [0.29, 0.717) is 36.6 Å². The van der Waals surface area contributed by atoms with E-state index < -0.39 is 11.8 Å². The maximum atomic E-state index is 14.7. The number of alkyl halides is 1. The number of nitrogens with one attached hydrogen (secondary N) is 1. The van der Waals surface area contributed by atoms with Gasteiger partial charge in [-0.2, -0.15) is 4.98 Å². The zero-order valence-electron chi connectivity index (χ0n) is 22.5. The Morgan fingerprint density at radius 3 is 2.63 bits per heavy atom. The number of fused-ring (bicyclic) bond motifs is 1. The number of amides is 1. The zero-order valence-corrected chi connectivity index (χ0v) is 22.5. The van der Waals surface area contributed by atoms with Gasteiger partial charge in [0.1, 0.15) is 17.5 Å². The number of piperidine rings is 1. The average Bonchev–Trinajstić information content (AvgIpc) is 2.88. The Labute approximate surface area is 221 Å². The minimum atomic E-state index is -1.73. The SMILES string of the molecule is C[C@@H]1CCN1c1ncc([C@@H](C)C(=O)N(C)C)c2cc(Nc3ccnc(N4CC[C@@H](O)[C@@](C)(F)C4)n3)ncc12. The van der Waals surface area contributed by atoms with Crippen molar-refractivity contribution in [2.24, 2.45) is 0 Å². The molecule has 2 N–H and O–H groups in total. The molecule has 3 aromatic rings. The summed E-state index contributed by atoms with van der Waals surface area (Å²) < 4.78 is 14.7. The second kappa shape index (κ2) is 9.94. The first-order valence-electron chi connectivity index (χ1n) is 13.0. The Hall–Kier alpha value is -3.60. The fourth-order valence-corrected chi connectivity index (χ4v) is 5.14. The summed E-state index contributed by atoms with van der Waals surface area (Å²) >= 11 is 0. The average molecular weight is 523 g/mol. The molecule has 0 saturated carbocycles. The molecule has 0 aliphatic carbocycles. The lowest BCUT2D eigenvalue weighted by molar-refractivity contribution is -0.129. The first-order valence-corrected chi connectivity index (χ1v) is 13.0. The fraction of sp³-hybridized carbons (Fsp3) is 0.519. The van der Waals surface area contributed by atoms with Gasteiger partial charge in [-0.3, -0.25) is 4.79 Å². The molecule has 0 radical (unpaired) electrons. The minimum absolute atomic E-state index is 0.00329. The van der Waals surface area contributed by atoms with Gasteiger partial charge in [-0.05, 0) is 56.7 Å². The number of likely N-dealkylation sites (N-methyl/N-ethyl adjacent to an activating group) is 1. The predicted molar refractivity (Wildman–Crippen MR) is 146 cm³/mol. The second-order valence-corrected chi connectivity index (χ2v) is 10.8. The molecule has 0 spiro atoms. The van der Waals surface area contributed by atoms with Gasteiger partial charge in [0.2, 0.25) is 11.9 Å². The summed E-state index contributed by atoms with van der Waals surface area (Å²) in [6, 6.07) is 4.05. The Balaban J connectivity index is 1.48. The van der Waals surface area contributed by atoms with Crippen LogP contribution in [0.3, 0.4) is 0 Å². The number of hydrogen-bond acceptors (Lipinski definition) is 9. The molecule has 0 bridgehead atoms. The van der Waals surface area contributed by atoms with E-state index in [1.807, 2.05) is 13.0 Å². The molecular formula is C27H35FN8O2. The molecule has 1 amide bonds. The molecule has 4 atom stereocenters. The van der Waals surface area contributed by atoms with E-state index in [9.17, 15) is 14.3 Å². The molecule has 3 aromatic heterocycles. The molecule has 2 aliphatic rings. The molecule has 2 fully saturated rings. The van der Waals surface area contributed by atoms with Gasteiger partial charge in [-0.25, -0.2) is 19.3 Å². The van der Waals surface area contributed by atoms with Crippen molar-refractivity contribution in [1.82, 2.24) is 24.8 Å². The van der Waals surface area contributed by atoms with Gasteiger partial charge in [0.25, 0.3) is 0 Å². The van der Waals surface area contributed by atoms with Crippen LogP contribution in [0.25, 0.3) is 10.8 Å². The van der Waals surface area contributed by atoms with Gasteiger partial charge in [0.05, 0.1) is 18.6 Å². The van der Waals surface area contributed by atoms with Crippen LogP contribution in [0.4, 0.5) is 27.8 Å². The number of aliphatic hydroxyl groups excluding tert-OH is 1. The largest absolute Gasteiger partial charge is 0.390 e. The van der Waals surface area contributed by atoms with E-state index in [2.05, 4.69) is 32.1 Å². The Morgan fingerprint density at radius 1 is 1.18 bits per heavy atom. The molecule has 38 heavy (non-hydrogen) atoms. The normalized spacial score (nSPS) is 24.2. The first-order chi connectivity index (χ1) is 18.0. The molecule has 2 aliphatic heterocycles. The van der Waals surface area contributed by atoms with Crippen LogP contribution < -0.4 is 15.1 Å². The maximum Gasteiger partial charge on any atom is 0.229 e. The van der Waals surface area contributed by atoms with Crippen molar-refractivity contribution >= 4 is 40.1 Å². The monoisotopic (exact) mass is 522 g/mol. The highest BCUT2D eigenvalue weighted by molar-refractivity contribution is 5.99. The maximum absolute atomic E-state index is 14.7. The van der Waals surface area contributed by atoms with Crippen LogP contribution in [0.1, 0.15) is 45.1 Å². The van der Waals surface area contributed by atoms with Crippen molar-refractivity contribution in [2.45, 2.75) is 57.3 Å². The third-order valence-corrected chi connectivity index (χ3v) is 7.70. The Morgan fingerprint density at radius 2 is 1.97 bits per heavy atom. The molecular weight excluding hydrogens is 487 g/mol. The topological polar surface area (TPSA) is 111 Å². The minimum Gasteiger partial charge on any atom is -0.390 e. The molecule has 5 rings (SSSR count). The number of pyridine rings is 2. The summed E-state index contributed by atoms with van der Waals surface area (Å²) in [4.78, 5) is 36.7. The highest BCUT2D eigenvalue weighted by Gasteiger charge is 2.39. The van der Waals surface area contributed by atoms with E-state index >= 15 is 0 Å². The number of anilines is 4. The van der Waals surface area contributed by atoms with E-state index in [1.54, 1.807) is 48.6 Å². The number of halogens is 1. The van der Waals surface area contributed by atoms with E-state index in [-0.39, 0.29) is 18.4 Å². The second-order valence-electron chi connectivity index (χ2n) is 10.8. The van der Waals surface area contributed by atoms with Gasteiger partial charge in [-0.1, -0.05) is 0 Å². The van der Waals surface area contributed by atoms with Crippen LogP contribution >= 0.6 is 0 Å². The highest BCUT2D eigenvalue weighted by atomic mass is 19.1. The lowest BCUT2D eigenvalue weighted by atomic mass is 9.94. The lowest BCUT2D eigenvalue weighted by Gasteiger charge is -2.40. The van der Waals surface area contributed by atoms with E-state index in [1.165, 1.54) is 6.92 Å². The molecule has 5 heterocycles. The Bertz CT molecular complexity index is 1350. The third-order valence-electron chi connectivity index (χ3n) is 7.70. The molecule has 0 aromatic carbocycles. The molecule has 2 saturated heterocycles. The van der Waals surface area contributed by atoms with Crippen LogP contribution in [0.2, 0.25) is 0 Å². The molecule has 10 nitrogen and oxygen atoms in total. The van der Waals surface area contributed by atoms with Crippen LogP contribution in [-0.2, 0) is 4.79 Å². The summed E-state index contributed by atoms with van der Waals surface area (Å²) in [6.45, 7) is 6.87. The van der Waals surface area contributed by atoms with Crippen LogP contribution in [0.5, 0.6) is 0 Å². The number of nitrogens with zero attached hydrogens (tertiary/aromatic N) is 7. The van der Waals surface area contributed by atoms with Gasteiger partial charge in [0.15, 0.2) is 5.67 Å².